The number of hydrogen-bond donors (Lipinski definition) is 1. The molecule has 0 bridgehead atoms. The van der Waals surface area contributed by atoms with Crippen LogP contribution in [0.15, 0.2) is 12.7 Å². The number of aromatic nitrogens is 6. The summed E-state index contributed by atoms with van der Waals surface area (Å²) in [4.78, 5) is 19.5. The van der Waals surface area contributed by atoms with Gasteiger partial charge in [-0.15, -0.1) is 0 Å². The third kappa shape index (κ3) is 2.54. The largest absolute Gasteiger partial charge is 0.354 e. The van der Waals surface area contributed by atoms with Crippen molar-refractivity contribution in [1.29, 1.82) is 0 Å². The van der Waals surface area contributed by atoms with Crippen LogP contribution in [0.1, 0.15) is 20.3 Å². The Bertz CT molecular complexity index is 567. The lowest BCUT2D eigenvalue weighted by Crippen LogP contribution is -2.23. The molecule has 1 fully saturated rings. The molecule has 2 aromatic heterocycles. The molecule has 2 aromatic rings. The summed E-state index contributed by atoms with van der Waals surface area (Å²) in [5, 5.41) is 7.21. The van der Waals surface area contributed by atoms with Gasteiger partial charge in [-0.25, -0.2) is 4.98 Å². The summed E-state index contributed by atoms with van der Waals surface area (Å²) in [6.07, 6.45) is 4.22. The number of hydrogen-bond acceptors (Lipinski definition) is 7. The molecule has 1 atom stereocenters. The van der Waals surface area contributed by atoms with Gasteiger partial charge >= 0.3 is 0 Å². The van der Waals surface area contributed by atoms with Crippen LogP contribution in [0.25, 0.3) is 5.95 Å². The standard InChI is InChI=1S/C12H18N8/c1-3-14-10-16-11(19-5-4-9(2)6-19)18-12(17-10)20-8-13-7-15-20/h7-9H,3-6H2,1-2H3,(H,14,16,17,18). The van der Waals surface area contributed by atoms with Gasteiger partial charge in [0.25, 0.3) is 5.95 Å². The van der Waals surface area contributed by atoms with Crippen LogP contribution in [-0.2, 0) is 0 Å². The van der Waals surface area contributed by atoms with Crippen molar-refractivity contribution in [3.63, 3.8) is 0 Å². The van der Waals surface area contributed by atoms with Gasteiger partial charge in [0, 0.05) is 19.6 Å². The van der Waals surface area contributed by atoms with Crippen molar-refractivity contribution in [3.05, 3.63) is 12.7 Å². The Morgan fingerprint density at radius 3 is 2.80 bits per heavy atom. The Hall–Kier alpha value is -2.25. The Morgan fingerprint density at radius 2 is 2.15 bits per heavy atom. The van der Waals surface area contributed by atoms with E-state index in [0.29, 0.717) is 23.8 Å². The Labute approximate surface area is 117 Å². The number of anilines is 2. The van der Waals surface area contributed by atoms with E-state index in [1.165, 1.54) is 12.7 Å². The maximum Gasteiger partial charge on any atom is 0.258 e. The minimum atomic E-state index is 0.489. The molecular weight excluding hydrogens is 256 g/mol. The molecule has 0 amide bonds. The molecule has 8 heteroatoms. The Balaban J connectivity index is 1.96. The lowest BCUT2D eigenvalue weighted by molar-refractivity contribution is 0.657. The molecule has 0 radical (unpaired) electrons. The fraction of sp³-hybridized carbons (Fsp3) is 0.583. The van der Waals surface area contributed by atoms with Crippen molar-refractivity contribution in [1.82, 2.24) is 29.7 Å². The summed E-state index contributed by atoms with van der Waals surface area (Å²) in [7, 11) is 0. The molecule has 0 saturated carbocycles. The van der Waals surface area contributed by atoms with Gasteiger partial charge in [-0.2, -0.15) is 24.7 Å². The SMILES string of the molecule is CCNc1nc(N2CCC(C)C2)nc(-n2cncn2)n1. The average Bonchev–Trinajstić information content (AvgIpc) is 3.09. The summed E-state index contributed by atoms with van der Waals surface area (Å²) < 4.78 is 1.55. The second-order valence-corrected chi connectivity index (χ2v) is 4.97. The van der Waals surface area contributed by atoms with Gasteiger partial charge in [-0.1, -0.05) is 6.92 Å². The van der Waals surface area contributed by atoms with E-state index in [-0.39, 0.29) is 0 Å². The van der Waals surface area contributed by atoms with Gasteiger partial charge in [0.15, 0.2) is 0 Å². The van der Waals surface area contributed by atoms with Crippen LogP contribution in [-0.4, -0.2) is 49.4 Å². The quantitative estimate of drug-likeness (QED) is 0.879. The number of nitrogens with zero attached hydrogens (tertiary/aromatic N) is 7. The predicted octanol–water partition coefficient (Wildman–Crippen LogP) is 0.730. The maximum absolute atomic E-state index is 4.50. The summed E-state index contributed by atoms with van der Waals surface area (Å²) in [5.74, 6) is 2.43. The van der Waals surface area contributed by atoms with Crippen LogP contribution in [0.4, 0.5) is 11.9 Å². The van der Waals surface area contributed by atoms with Gasteiger partial charge in [0.2, 0.25) is 11.9 Å². The molecule has 0 aromatic carbocycles. The molecule has 20 heavy (non-hydrogen) atoms. The highest BCUT2D eigenvalue weighted by Gasteiger charge is 2.22. The number of nitrogens with one attached hydrogen (secondary N) is 1. The van der Waals surface area contributed by atoms with Crippen molar-refractivity contribution in [2.24, 2.45) is 5.92 Å². The third-order valence-corrected chi connectivity index (χ3v) is 3.28. The fourth-order valence-electron chi connectivity index (χ4n) is 2.26. The molecule has 0 spiro atoms. The van der Waals surface area contributed by atoms with Crippen LogP contribution in [0, 0.1) is 5.92 Å². The molecule has 3 heterocycles. The summed E-state index contributed by atoms with van der Waals surface area (Å²) in [5.41, 5.74) is 0. The first-order valence-electron chi connectivity index (χ1n) is 6.86. The minimum Gasteiger partial charge on any atom is -0.354 e. The van der Waals surface area contributed by atoms with Crippen molar-refractivity contribution in [2.45, 2.75) is 20.3 Å². The normalized spacial score (nSPS) is 18.5. The van der Waals surface area contributed by atoms with E-state index < -0.39 is 0 Å². The van der Waals surface area contributed by atoms with E-state index in [1.54, 1.807) is 11.0 Å². The van der Waals surface area contributed by atoms with Crippen LogP contribution >= 0.6 is 0 Å². The molecule has 1 saturated heterocycles. The third-order valence-electron chi connectivity index (χ3n) is 3.28. The molecule has 1 aliphatic heterocycles. The van der Waals surface area contributed by atoms with E-state index in [4.69, 9.17) is 0 Å². The monoisotopic (exact) mass is 274 g/mol. The van der Waals surface area contributed by atoms with Crippen LogP contribution < -0.4 is 10.2 Å². The highest BCUT2D eigenvalue weighted by molar-refractivity contribution is 5.40. The van der Waals surface area contributed by atoms with Crippen molar-refractivity contribution in [3.8, 4) is 5.95 Å². The lowest BCUT2D eigenvalue weighted by atomic mass is 10.2. The predicted molar refractivity (Wildman–Crippen MR) is 74.9 cm³/mol. The summed E-state index contributed by atoms with van der Waals surface area (Å²) >= 11 is 0. The zero-order valence-corrected chi connectivity index (χ0v) is 11.7. The second-order valence-electron chi connectivity index (χ2n) is 4.97. The van der Waals surface area contributed by atoms with Gasteiger partial charge in [0.1, 0.15) is 12.7 Å². The zero-order valence-electron chi connectivity index (χ0n) is 11.7. The maximum atomic E-state index is 4.50. The highest BCUT2D eigenvalue weighted by Crippen LogP contribution is 2.21. The first-order chi connectivity index (χ1) is 9.76. The zero-order chi connectivity index (χ0) is 13.9. The van der Waals surface area contributed by atoms with E-state index in [1.807, 2.05) is 6.92 Å². The van der Waals surface area contributed by atoms with Gasteiger partial charge in [-0.05, 0) is 19.3 Å². The number of rotatable bonds is 4. The minimum absolute atomic E-state index is 0.489. The van der Waals surface area contributed by atoms with E-state index in [9.17, 15) is 0 Å². The smallest absolute Gasteiger partial charge is 0.258 e. The molecule has 1 aliphatic rings. The summed E-state index contributed by atoms with van der Waals surface area (Å²) in [6.45, 7) is 6.97. The Morgan fingerprint density at radius 1 is 1.30 bits per heavy atom. The van der Waals surface area contributed by atoms with Crippen LogP contribution in [0.5, 0.6) is 0 Å². The van der Waals surface area contributed by atoms with Crippen molar-refractivity contribution >= 4 is 11.9 Å². The molecule has 106 valence electrons. The van der Waals surface area contributed by atoms with Crippen LogP contribution in [0.3, 0.4) is 0 Å². The van der Waals surface area contributed by atoms with Gasteiger partial charge in [-0.3, -0.25) is 0 Å². The Kier molecular flexibility index (Phi) is 3.44. The molecule has 3 rings (SSSR count). The highest BCUT2D eigenvalue weighted by atomic mass is 15.4. The van der Waals surface area contributed by atoms with E-state index in [0.717, 1.165) is 19.6 Å². The van der Waals surface area contributed by atoms with E-state index in [2.05, 4.69) is 42.2 Å². The summed E-state index contributed by atoms with van der Waals surface area (Å²) in [6, 6.07) is 0. The fourth-order valence-corrected chi connectivity index (χ4v) is 2.26. The second kappa shape index (κ2) is 5.40. The molecular formula is C12H18N8. The lowest BCUT2D eigenvalue weighted by Gasteiger charge is -2.17. The van der Waals surface area contributed by atoms with E-state index >= 15 is 0 Å². The topological polar surface area (TPSA) is 84.7 Å². The first kappa shape index (κ1) is 12.8. The van der Waals surface area contributed by atoms with Crippen molar-refractivity contribution in [2.75, 3.05) is 29.9 Å². The first-order valence-corrected chi connectivity index (χ1v) is 6.86. The average molecular weight is 274 g/mol. The molecule has 8 nitrogen and oxygen atoms in total. The van der Waals surface area contributed by atoms with Crippen LogP contribution in [0.2, 0.25) is 0 Å². The molecule has 1 N–H and O–H groups in total. The van der Waals surface area contributed by atoms with Gasteiger partial charge in [0.05, 0.1) is 0 Å². The van der Waals surface area contributed by atoms with Gasteiger partial charge < -0.3 is 10.2 Å². The molecule has 0 aliphatic carbocycles. The van der Waals surface area contributed by atoms with Crippen molar-refractivity contribution < 1.29 is 0 Å². The molecule has 1 unspecified atom stereocenters.